The van der Waals surface area contributed by atoms with Crippen molar-refractivity contribution in [1.82, 2.24) is 9.88 Å². The number of hydrogen-bond donors (Lipinski definition) is 1. The monoisotopic (exact) mass is 391 g/mol. The topological polar surface area (TPSA) is 68.5 Å². The number of allylic oxidation sites excluding steroid dienone is 3. The number of amides is 1. The van der Waals surface area contributed by atoms with Gasteiger partial charge in [-0.25, -0.2) is 13.8 Å². The van der Waals surface area contributed by atoms with Crippen molar-refractivity contribution in [2.75, 3.05) is 12.8 Å². The quantitative estimate of drug-likeness (QED) is 0.727. The average Bonchev–Trinajstić information content (AvgIpc) is 2.98. The van der Waals surface area contributed by atoms with Crippen LogP contribution in [-0.4, -0.2) is 22.9 Å². The number of pyridine rings is 1. The number of nitrogen functional groups attached to an aromatic ring is 1. The van der Waals surface area contributed by atoms with E-state index in [0.717, 1.165) is 5.70 Å². The van der Waals surface area contributed by atoms with Gasteiger partial charge in [0.2, 0.25) is 0 Å². The smallest absolute Gasteiger partial charge is 0.262 e. The number of hydrogen-bond acceptors (Lipinski definition) is 4. The number of halogens is 2. The lowest BCUT2D eigenvalue weighted by molar-refractivity contribution is 0.0831. The predicted octanol–water partition coefficient (Wildman–Crippen LogP) is 4.18. The van der Waals surface area contributed by atoms with E-state index >= 15 is 0 Å². The number of aromatic nitrogens is 1. The number of benzene rings is 2. The molecule has 0 bridgehead atoms. The van der Waals surface area contributed by atoms with Gasteiger partial charge in [-0.2, -0.15) is 0 Å². The molecule has 5 rings (SSSR count). The summed E-state index contributed by atoms with van der Waals surface area (Å²) in [6, 6.07) is 6.75. The fourth-order valence-electron chi connectivity index (χ4n) is 3.74. The van der Waals surface area contributed by atoms with E-state index in [1.54, 1.807) is 4.90 Å². The zero-order valence-corrected chi connectivity index (χ0v) is 15.4. The number of rotatable bonds is 3. The molecule has 2 aromatic carbocycles. The molecule has 0 radical (unpaired) electrons. The molecule has 144 valence electrons. The van der Waals surface area contributed by atoms with Crippen molar-refractivity contribution in [1.29, 1.82) is 0 Å². The van der Waals surface area contributed by atoms with Crippen LogP contribution in [0.25, 0.3) is 22.0 Å². The van der Waals surface area contributed by atoms with Crippen LogP contribution in [0, 0.1) is 11.6 Å². The zero-order valence-electron chi connectivity index (χ0n) is 15.4. The summed E-state index contributed by atoms with van der Waals surface area (Å²) in [5.41, 5.74) is 8.25. The lowest BCUT2D eigenvalue weighted by Crippen LogP contribution is -2.24. The van der Waals surface area contributed by atoms with Crippen LogP contribution in [0.4, 0.5) is 14.5 Å². The Kier molecular flexibility index (Phi) is 3.67. The molecule has 1 aliphatic carbocycles. The van der Waals surface area contributed by atoms with Crippen LogP contribution in [-0.2, 0) is 6.54 Å². The molecule has 29 heavy (non-hydrogen) atoms. The van der Waals surface area contributed by atoms with Crippen LogP contribution < -0.4 is 10.5 Å². The van der Waals surface area contributed by atoms with E-state index in [2.05, 4.69) is 4.98 Å². The molecule has 7 heteroatoms. The molecule has 0 atom stereocenters. The summed E-state index contributed by atoms with van der Waals surface area (Å²) in [7, 11) is 1.45. The Morgan fingerprint density at radius 2 is 1.90 bits per heavy atom. The van der Waals surface area contributed by atoms with Crippen LogP contribution >= 0.6 is 0 Å². The third kappa shape index (κ3) is 2.44. The normalized spacial score (nSPS) is 14.8. The van der Waals surface area contributed by atoms with Crippen LogP contribution in [0.15, 0.2) is 54.3 Å². The number of nitrogens with two attached hydrogens (primary N) is 1. The minimum atomic E-state index is -0.637. The second kappa shape index (κ2) is 6.13. The van der Waals surface area contributed by atoms with Crippen molar-refractivity contribution < 1.29 is 18.3 Å². The van der Waals surface area contributed by atoms with Gasteiger partial charge in [0.15, 0.2) is 0 Å². The first-order chi connectivity index (χ1) is 14.0. The van der Waals surface area contributed by atoms with E-state index in [-0.39, 0.29) is 34.8 Å². The van der Waals surface area contributed by atoms with Crippen molar-refractivity contribution in [3.05, 3.63) is 77.1 Å². The Bertz CT molecular complexity index is 1280. The molecule has 0 spiro atoms. The first-order valence-electron chi connectivity index (χ1n) is 8.94. The van der Waals surface area contributed by atoms with E-state index < -0.39 is 11.6 Å². The van der Waals surface area contributed by atoms with Crippen molar-refractivity contribution in [2.45, 2.75) is 6.54 Å². The number of ether oxygens (including phenoxy) is 1. The molecule has 1 amide bonds. The van der Waals surface area contributed by atoms with Crippen LogP contribution in [0.5, 0.6) is 5.75 Å². The Morgan fingerprint density at radius 3 is 2.59 bits per heavy atom. The molecule has 5 nitrogen and oxygen atoms in total. The van der Waals surface area contributed by atoms with E-state index in [4.69, 9.17) is 10.5 Å². The molecule has 1 aliphatic heterocycles. The highest BCUT2D eigenvalue weighted by Gasteiger charge is 2.34. The second-order valence-electron chi connectivity index (χ2n) is 6.85. The van der Waals surface area contributed by atoms with Gasteiger partial charge in [0.05, 0.1) is 36.1 Å². The molecule has 1 aromatic heterocycles. The first kappa shape index (κ1) is 17.4. The summed E-state index contributed by atoms with van der Waals surface area (Å²) in [5.74, 6) is -1.11. The van der Waals surface area contributed by atoms with Gasteiger partial charge in [-0.15, -0.1) is 0 Å². The van der Waals surface area contributed by atoms with Crippen LogP contribution in [0.1, 0.15) is 16.1 Å². The minimum absolute atomic E-state index is 0.0120. The molecule has 0 saturated heterocycles. The SMILES string of the molecule is COc1ccc(F)c(-c2c(F)ccc3c(N)c4c(nc23)CN(C2=CC=C2)C4=O)c1. The van der Waals surface area contributed by atoms with E-state index in [9.17, 15) is 13.6 Å². The Balaban J connectivity index is 1.77. The third-order valence-corrected chi connectivity index (χ3v) is 5.28. The molecule has 0 fully saturated rings. The summed E-state index contributed by atoms with van der Waals surface area (Å²) >= 11 is 0. The number of fused-ring (bicyclic) bond motifs is 2. The number of carbonyl (C=O) groups excluding carboxylic acids is 1. The maximum Gasteiger partial charge on any atom is 0.262 e. The lowest BCUT2D eigenvalue weighted by Gasteiger charge is -2.19. The summed E-state index contributed by atoms with van der Waals surface area (Å²) in [6.07, 6.45) is 5.46. The standard InChI is InChI=1S/C22H15F2N3O2/c1-29-12-5-7-15(23)14(9-12)18-16(24)8-6-13-20(25)19-17(26-21(13)18)10-27(22(19)28)11-3-2-4-11/h2-9H,10H2,1H3,(H2,25,26). The summed E-state index contributed by atoms with van der Waals surface area (Å²) < 4.78 is 34.6. The third-order valence-electron chi connectivity index (χ3n) is 5.28. The summed E-state index contributed by atoms with van der Waals surface area (Å²) in [4.78, 5) is 19.0. The zero-order chi connectivity index (χ0) is 20.3. The molecule has 0 saturated carbocycles. The number of methoxy groups -OCH3 is 1. The highest BCUT2D eigenvalue weighted by Crippen LogP contribution is 2.40. The van der Waals surface area contributed by atoms with Gasteiger partial charge in [-0.1, -0.05) is 6.08 Å². The van der Waals surface area contributed by atoms with Gasteiger partial charge in [-0.05, 0) is 42.5 Å². The van der Waals surface area contributed by atoms with Gasteiger partial charge in [-0.3, -0.25) is 4.79 Å². The van der Waals surface area contributed by atoms with Crippen molar-refractivity contribution in [2.24, 2.45) is 0 Å². The second-order valence-corrected chi connectivity index (χ2v) is 6.85. The Labute approximate surface area is 164 Å². The molecule has 2 aliphatic rings. The van der Waals surface area contributed by atoms with E-state index in [1.807, 2.05) is 18.2 Å². The fourth-order valence-corrected chi connectivity index (χ4v) is 3.74. The summed E-state index contributed by atoms with van der Waals surface area (Å²) in [6.45, 7) is 0.223. The highest BCUT2D eigenvalue weighted by molar-refractivity contribution is 6.12. The predicted molar refractivity (Wildman–Crippen MR) is 105 cm³/mol. The maximum absolute atomic E-state index is 14.9. The average molecular weight is 391 g/mol. The lowest BCUT2D eigenvalue weighted by atomic mass is 9.98. The summed E-state index contributed by atoms with van der Waals surface area (Å²) in [5, 5.41) is 0.399. The highest BCUT2D eigenvalue weighted by atomic mass is 19.1. The minimum Gasteiger partial charge on any atom is -0.497 e. The van der Waals surface area contributed by atoms with Gasteiger partial charge in [0, 0.05) is 22.2 Å². The Hall–Kier alpha value is -3.74. The molecule has 2 N–H and O–H groups in total. The first-order valence-corrected chi connectivity index (χ1v) is 8.94. The fraction of sp³-hybridized carbons (Fsp3) is 0.0909. The number of anilines is 1. The molecular weight excluding hydrogens is 376 g/mol. The van der Waals surface area contributed by atoms with Gasteiger partial charge in [0.25, 0.3) is 5.91 Å². The number of carbonyl (C=O) groups is 1. The number of nitrogens with zero attached hydrogens (tertiary/aromatic N) is 2. The van der Waals surface area contributed by atoms with Crippen LogP contribution in [0.3, 0.4) is 0 Å². The molecule has 0 unspecified atom stereocenters. The van der Waals surface area contributed by atoms with E-state index in [1.165, 1.54) is 37.4 Å². The van der Waals surface area contributed by atoms with Gasteiger partial charge >= 0.3 is 0 Å². The van der Waals surface area contributed by atoms with Crippen molar-refractivity contribution in [3.8, 4) is 16.9 Å². The maximum atomic E-state index is 14.9. The van der Waals surface area contributed by atoms with Crippen molar-refractivity contribution >= 4 is 22.5 Å². The van der Waals surface area contributed by atoms with E-state index in [0.29, 0.717) is 22.4 Å². The van der Waals surface area contributed by atoms with Gasteiger partial charge in [0.1, 0.15) is 17.4 Å². The van der Waals surface area contributed by atoms with Gasteiger partial charge < -0.3 is 15.4 Å². The Morgan fingerprint density at radius 1 is 1.14 bits per heavy atom. The molecule has 3 aromatic rings. The molecular formula is C22H15F2N3O2. The largest absolute Gasteiger partial charge is 0.497 e. The van der Waals surface area contributed by atoms with Crippen LogP contribution in [0.2, 0.25) is 0 Å². The molecule has 2 heterocycles. The van der Waals surface area contributed by atoms with Crippen molar-refractivity contribution in [3.63, 3.8) is 0 Å².